The molecule has 0 saturated heterocycles. The number of hydrogen-bond acceptors (Lipinski definition) is 4. The minimum Gasteiger partial charge on any atom is -0.276 e. The van der Waals surface area contributed by atoms with E-state index in [0.717, 1.165) is 5.56 Å². The predicted molar refractivity (Wildman–Crippen MR) is 82.9 cm³/mol. The van der Waals surface area contributed by atoms with Gasteiger partial charge in [-0.25, -0.2) is 8.42 Å². The number of anilines is 1. The molecule has 0 fully saturated rings. The number of sulfonamides is 1. The summed E-state index contributed by atoms with van der Waals surface area (Å²) in [5, 5.41) is 5.90. The summed E-state index contributed by atoms with van der Waals surface area (Å²) in [6.45, 7) is 0.599. The molecule has 0 atom stereocenters. The smallest absolute Gasteiger partial charge is 0.271 e. The Morgan fingerprint density at radius 1 is 1.14 bits per heavy atom. The number of hydrogen-bond donors (Lipinski definition) is 1. The minimum absolute atomic E-state index is 0.290. The largest absolute Gasteiger partial charge is 0.276 e. The van der Waals surface area contributed by atoms with Crippen LogP contribution in [0, 0.1) is 0 Å². The minimum atomic E-state index is -3.51. The normalized spacial score (nSPS) is 11.4. The van der Waals surface area contributed by atoms with Gasteiger partial charge in [0.05, 0.1) is 18.4 Å². The molecule has 0 aliphatic rings. The molecule has 3 aromatic rings. The summed E-state index contributed by atoms with van der Waals surface area (Å²) in [5.41, 5.74) is 1.56. The Morgan fingerprint density at radius 2 is 1.95 bits per heavy atom. The Kier molecular flexibility index (Phi) is 3.76. The van der Waals surface area contributed by atoms with Crippen molar-refractivity contribution in [1.82, 2.24) is 9.78 Å². The average Bonchev–Trinajstić information content (AvgIpc) is 3.11. The van der Waals surface area contributed by atoms with Crippen molar-refractivity contribution >= 4 is 27.0 Å². The zero-order valence-electron chi connectivity index (χ0n) is 11.0. The number of rotatable bonds is 5. The lowest BCUT2D eigenvalue weighted by atomic mass is 10.2. The quantitative estimate of drug-likeness (QED) is 0.786. The molecule has 1 N–H and O–H groups in total. The lowest BCUT2D eigenvalue weighted by Gasteiger charge is -2.03. The van der Waals surface area contributed by atoms with Gasteiger partial charge < -0.3 is 0 Å². The topological polar surface area (TPSA) is 64.0 Å². The van der Waals surface area contributed by atoms with Gasteiger partial charge in [0.2, 0.25) is 0 Å². The van der Waals surface area contributed by atoms with Gasteiger partial charge in [0.25, 0.3) is 10.0 Å². The second kappa shape index (κ2) is 5.71. The first-order valence-electron chi connectivity index (χ1n) is 6.26. The molecule has 3 rings (SSSR count). The van der Waals surface area contributed by atoms with Gasteiger partial charge in [0.15, 0.2) is 0 Å². The maximum atomic E-state index is 12.1. The van der Waals surface area contributed by atoms with Crippen molar-refractivity contribution in [2.45, 2.75) is 10.8 Å². The number of aromatic nitrogens is 2. The molecule has 2 heterocycles. The van der Waals surface area contributed by atoms with Crippen LogP contribution in [0.3, 0.4) is 0 Å². The Labute approximate surface area is 126 Å². The third-order valence-electron chi connectivity index (χ3n) is 2.83. The summed E-state index contributed by atoms with van der Waals surface area (Å²) in [6, 6.07) is 13.1. The van der Waals surface area contributed by atoms with E-state index >= 15 is 0 Å². The standard InChI is InChI=1S/C14H13N3O2S2/c18-21(19,14-7-4-8-20-14)16-13-9-15-17(11-13)10-12-5-2-1-3-6-12/h1-9,11,16H,10H2. The lowest BCUT2D eigenvalue weighted by molar-refractivity contribution is 0.603. The van der Waals surface area contributed by atoms with Gasteiger partial charge in [-0.1, -0.05) is 36.4 Å². The van der Waals surface area contributed by atoms with Crippen LogP contribution in [-0.2, 0) is 16.6 Å². The van der Waals surface area contributed by atoms with Crippen LogP contribution in [0.4, 0.5) is 5.69 Å². The van der Waals surface area contributed by atoms with Crippen LogP contribution in [-0.4, -0.2) is 18.2 Å². The monoisotopic (exact) mass is 319 g/mol. The first kappa shape index (κ1) is 13.8. The third-order valence-corrected chi connectivity index (χ3v) is 5.61. The molecule has 7 heteroatoms. The van der Waals surface area contributed by atoms with Crippen molar-refractivity contribution < 1.29 is 8.42 Å². The van der Waals surface area contributed by atoms with Crippen LogP contribution < -0.4 is 4.72 Å². The van der Waals surface area contributed by atoms with E-state index in [4.69, 9.17) is 0 Å². The van der Waals surface area contributed by atoms with Crippen LogP contribution in [0.5, 0.6) is 0 Å². The molecule has 1 aromatic carbocycles. The number of nitrogens with zero attached hydrogens (tertiary/aromatic N) is 2. The molecule has 0 bridgehead atoms. The van der Waals surface area contributed by atoms with E-state index < -0.39 is 10.0 Å². The van der Waals surface area contributed by atoms with E-state index in [2.05, 4.69) is 9.82 Å². The summed E-state index contributed by atoms with van der Waals surface area (Å²) >= 11 is 1.18. The van der Waals surface area contributed by atoms with Crippen LogP contribution in [0.2, 0.25) is 0 Å². The lowest BCUT2D eigenvalue weighted by Crippen LogP contribution is -2.10. The van der Waals surface area contributed by atoms with Crippen molar-refractivity contribution in [2.24, 2.45) is 0 Å². The maximum absolute atomic E-state index is 12.1. The Hall–Kier alpha value is -2.12. The maximum Gasteiger partial charge on any atom is 0.271 e. The Balaban J connectivity index is 1.74. The molecule has 21 heavy (non-hydrogen) atoms. The number of benzene rings is 1. The van der Waals surface area contributed by atoms with Crippen molar-refractivity contribution in [3.63, 3.8) is 0 Å². The van der Waals surface area contributed by atoms with Gasteiger partial charge >= 0.3 is 0 Å². The molecule has 0 unspecified atom stereocenters. The Bertz CT molecular complexity index is 809. The second-order valence-corrected chi connectivity index (χ2v) is 7.31. The summed E-state index contributed by atoms with van der Waals surface area (Å²) in [4.78, 5) is 0. The molecule has 2 aromatic heterocycles. The van der Waals surface area contributed by atoms with Crippen molar-refractivity contribution in [2.75, 3.05) is 4.72 Å². The fourth-order valence-electron chi connectivity index (χ4n) is 1.90. The van der Waals surface area contributed by atoms with E-state index in [0.29, 0.717) is 16.4 Å². The zero-order chi connectivity index (χ0) is 14.7. The van der Waals surface area contributed by atoms with Crippen molar-refractivity contribution in [3.05, 3.63) is 65.8 Å². The average molecular weight is 319 g/mol. The summed E-state index contributed by atoms with van der Waals surface area (Å²) < 4.78 is 28.7. The number of nitrogens with one attached hydrogen (secondary N) is 1. The molecule has 0 spiro atoms. The first-order valence-corrected chi connectivity index (χ1v) is 8.62. The molecular formula is C14H13N3O2S2. The van der Waals surface area contributed by atoms with Crippen LogP contribution >= 0.6 is 11.3 Å². The molecule has 5 nitrogen and oxygen atoms in total. The molecule has 0 aliphatic heterocycles. The van der Waals surface area contributed by atoms with Crippen LogP contribution in [0.25, 0.3) is 0 Å². The number of thiophene rings is 1. The van der Waals surface area contributed by atoms with Crippen molar-refractivity contribution in [3.8, 4) is 0 Å². The van der Waals surface area contributed by atoms with Gasteiger partial charge in [-0.05, 0) is 17.0 Å². The highest BCUT2D eigenvalue weighted by molar-refractivity contribution is 7.94. The highest BCUT2D eigenvalue weighted by Gasteiger charge is 2.15. The predicted octanol–water partition coefficient (Wildman–Crippen LogP) is 2.79. The van der Waals surface area contributed by atoms with E-state index in [-0.39, 0.29) is 0 Å². The molecule has 0 amide bonds. The van der Waals surface area contributed by atoms with Crippen LogP contribution in [0.1, 0.15) is 5.56 Å². The van der Waals surface area contributed by atoms with Crippen LogP contribution in [0.15, 0.2) is 64.4 Å². The molecular weight excluding hydrogens is 306 g/mol. The van der Waals surface area contributed by atoms with E-state index in [1.165, 1.54) is 17.5 Å². The van der Waals surface area contributed by atoms with Gasteiger partial charge in [0, 0.05) is 6.20 Å². The highest BCUT2D eigenvalue weighted by atomic mass is 32.2. The van der Waals surface area contributed by atoms with Gasteiger partial charge in [-0.2, -0.15) is 5.10 Å². The third kappa shape index (κ3) is 3.32. The second-order valence-electron chi connectivity index (χ2n) is 4.45. The molecule has 0 radical (unpaired) electrons. The molecule has 0 aliphatic carbocycles. The Morgan fingerprint density at radius 3 is 2.67 bits per heavy atom. The van der Waals surface area contributed by atoms with Gasteiger partial charge in [-0.15, -0.1) is 11.3 Å². The SMILES string of the molecule is O=S(=O)(Nc1cnn(Cc2ccccc2)c1)c1cccs1. The van der Waals surface area contributed by atoms with Gasteiger partial charge in [-0.3, -0.25) is 9.40 Å². The van der Waals surface area contributed by atoms with Gasteiger partial charge in [0.1, 0.15) is 4.21 Å². The summed E-state index contributed by atoms with van der Waals surface area (Å²) in [7, 11) is -3.51. The zero-order valence-corrected chi connectivity index (χ0v) is 12.6. The first-order chi connectivity index (χ1) is 10.1. The van der Waals surface area contributed by atoms with E-state index in [1.807, 2.05) is 30.3 Å². The van der Waals surface area contributed by atoms with Crippen molar-refractivity contribution in [1.29, 1.82) is 0 Å². The highest BCUT2D eigenvalue weighted by Crippen LogP contribution is 2.19. The fourth-order valence-corrected chi connectivity index (χ4v) is 3.92. The fraction of sp³-hybridized carbons (Fsp3) is 0.0714. The van der Waals surface area contributed by atoms with E-state index in [9.17, 15) is 8.42 Å². The molecule has 108 valence electrons. The molecule has 0 saturated carbocycles. The summed E-state index contributed by atoms with van der Waals surface area (Å²) in [5.74, 6) is 0. The summed E-state index contributed by atoms with van der Waals surface area (Å²) in [6.07, 6.45) is 3.19. The van der Waals surface area contributed by atoms with E-state index in [1.54, 1.807) is 28.4 Å².